The van der Waals surface area contributed by atoms with Crippen molar-refractivity contribution in [3.8, 4) is 0 Å². The number of aryl methyl sites for hydroxylation is 1. The van der Waals surface area contributed by atoms with Gasteiger partial charge < -0.3 is 15.7 Å². The molecule has 1 aromatic rings. The molecule has 0 aromatic carbocycles. The fourth-order valence-electron chi connectivity index (χ4n) is 2.51. The molecule has 1 fully saturated rings. The summed E-state index contributed by atoms with van der Waals surface area (Å²) in [6.07, 6.45) is 3.81. The molecule has 106 valence electrons. The van der Waals surface area contributed by atoms with E-state index in [0.29, 0.717) is 5.92 Å². The van der Waals surface area contributed by atoms with Gasteiger partial charge in [0.15, 0.2) is 0 Å². The van der Waals surface area contributed by atoms with Gasteiger partial charge in [0.2, 0.25) is 0 Å². The minimum atomic E-state index is -0.159. The molecule has 3 N–H and O–H groups in total. The van der Waals surface area contributed by atoms with Crippen LogP contribution in [-0.4, -0.2) is 34.3 Å². The Morgan fingerprint density at radius 3 is 2.53 bits per heavy atom. The lowest BCUT2D eigenvalue weighted by Gasteiger charge is -2.16. The number of nitrogens with zero attached hydrogens (tertiary/aromatic N) is 2. The number of anilines is 2. The van der Waals surface area contributed by atoms with Gasteiger partial charge in [0, 0.05) is 31.5 Å². The van der Waals surface area contributed by atoms with Crippen LogP contribution in [-0.2, 0) is 6.42 Å². The highest BCUT2D eigenvalue weighted by molar-refractivity contribution is 5.47. The summed E-state index contributed by atoms with van der Waals surface area (Å²) in [6.45, 7) is 5.74. The zero-order chi connectivity index (χ0) is 13.7. The van der Waals surface area contributed by atoms with E-state index in [1.54, 1.807) is 0 Å². The molecule has 19 heavy (non-hydrogen) atoms. The molecule has 5 nitrogen and oxygen atoms in total. The molecule has 1 aliphatic rings. The molecule has 0 radical (unpaired) electrons. The van der Waals surface area contributed by atoms with Gasteiger partial charge >= 0.3 is 0 Å². The van der Waals surface area contributed by atoms with Gasteiger partial charge in [-0.1, -0.05) is 13.3 Å². The van der Waals surface area contributed by atoms with E-state index in [1.807, 2.05) is 6.07 Å². The summed E-state index contributed by atoms with van der Waals surface area (Å²) in [5.41, 5.74) is 0. The Hall–Kier alpha value is -1.36. The summed E-state index contributed by atoms with van der Waals surface area (Å²) in [4.78, 5) is 8.90. The van der Waals surface area contributed by atoms with Crippen LogP contribution in [0.25, 0.3) is 0 Å². The topological polar surface area (TPSA) is 70.1 Å². The Kier molecular flexibility index (Phi) is 4.96. The summed E-state index contributed by atoms with van der Waals surface area (Å²) in [6, 6.07) is 1.93. The number of aliphatic hydroxyl groups excluding tert-OH is 1. The first-order valence-electron chi connectivity index (χ1n) is 7.26. The molecule has 2 atom stereocenters. The van der Waals surface area contributed by atoms with Gasteiger partial charge in [0.1, 0.15) is 17.5 Å². The highest BCUT2D eigenvalue weighted by atomic mass is 16.3. The number of rotatable bonds is 6. The summed E-state index contributed by atoms with van der Waals surface area (Å²) < 4.78 is 0. The molecule has 1 aromatic heterocycles. The monoisotopic (exact) mass is 264 g/mol. The third-order valence-corrected chi connectivity index (χ3v) is 3.61. The molecule has 2 unspecified atom stereocenters. The second-order valence-corrected chi connectivity index (χ2v) is 5.08. The van der Waals surface area contributed by atoms with E-state index in [-0.39, 0.29) is 6.10 Å². The number of hydrogen-bond donors (Lipinski definition) is 3. The van der Waals surface area contributed by atoms with Crippen molar-refractivity contribution in [2.75, 3.05) is 23.7 Å². The lowest BCUT2D eigenvalue weighted by atomic mass is 10.1. The van der Waals surface area contributed by atoms with Crippen LogP contribution < -0.4 is 10.6 Å². The van der Waals surface area contributed by atoms with Gasteiger partial charge in [-0.25, -0.2) is 9.97 Å². The fraction of sp³-hybridized carbons (Fsp3) is 0.714. The first kappa shape index (κ1) is 14.1. The maximum atomic E-state index is 9.82. The van der Waals surface area contributed by atoms with Crippen molar-refractivity contribution in [2.45, 2.75) is 45.6 Å². The minimum absolute atomic E-state index is 0.159. The maximum absolute atomic E-state index is 9.82. The average Bonchev–Trinajstić information content (AvgIpc) is 2.82. The molecule has 5 heteroatoms. The van der Waals surface area contributed by atoms with Crippen LogP contribution in [0.5, 0.6) is 0 Å². The van der Waals surface area contributed by atoms with Crippen molar-refractivity contribution in [2.24, 2.45) is 5.92 Å². The lowest BCUT2D eigenvalue weighted by Crippen LogP contribution is -2.22. The normalized spacial score (nSPS) is 22.5. The SMILES string of the molecule is CCNc1cc(NCC2CCCC2O)nc(CC)n1. The van der Waals surface area contributed by atoms with Gasteiger partial charge in [-0.3, -0.25) is 0 Å². The van der Waals surface area contributed by atoms with E-state index in [1.165, 1.54) is 0 Å². The minimum Gasteiger partial charge on any atom is -0.393 e. The number of aliphatic hydroxyl groups is 1. The molecular formula is C14H24N4O. The van der Waals surface area contributed by atoms with Gasteiger partial charge in [0.05, 0.1) is 6.10 Å². The van der Waals surface area contributed by atoms with E-state index >= 15 is 0 Å². The van der Waals surface area contributed by atoms with Gasteiger partial charge in [-0.2, -0.15) is 0 Å². The number of aromatic nitrogens is 2. The Morgan fingerprint density at radius 2 is 1.95 bits per heavy atom. The van der Waals surface area contributed by atoms with Crippen LogP contribution in [0.2, 0.25) is 0 Å². The van der Waals surface area contributed by atoms with E-state index in [4.69, 9.17) is 0 Å². The molecule has 1 saturated carbocycles. The quantitative estimate of drug-likeness (QED) is 0.733. The van der Waals surface area contributed by atoms with E-state index < -0.39 is 0 Å². The zero-order valence-corrected chi connectivity index (χ0v) is 11.8. The molecule has 1 aliphatic carbocycles. The molecule has 0 saturated heterocycles. The first-order valence-corrected chi connectivity index (χ1v) is 7.26. The van der Waals surface area contributed by atoms with Crippen LogP contribution in [0.4, 0.5) is 11.6 Å². The van der Waals surface area contributed by atoms with Crippen LogP contribution in [0, 0.1) is 5.92 Å². The third kappa shape index (κ3) is 3.80. The van der Waals surface area contributed by atoms with Crippen LogP contribution in [0.15, 0.2) is 6.07 Å². The molecule has 2 rings (SSSR count). The zero-order valence-electron chi connectivity index (χ0n) is 11.8. The summed E-state index contributed by atoms with van der Waals surface area (Å²) >= 11 is 0. The molecule has 1 heterocycles. The lowest BCUT2D eigenvalue weighted by molar-refractivity contribution is 0.138. The van der Waals surface area contributed by atoms with Crippen molar-refractivity contribution in [3.05, 3.63) is 11.9 Å². The largest absolute Gasteiger partial charge is 0.393 e. The Balaban J connectivity index is 2.00. The number of hydrogen-bond acceptors (Lipinski definition) is 5. The standard InChI is InChI=1S/C14H24N4O/c1-3-12-17-13(15-4-2)8-14(18-12)16-9-10-6-5-7-11(10)19/h8,10-11,19H,3-7,9H2,1-2H3,(H2,15,16,17,18). The predicted molar refractivity (Wildman–Crippen MR) is 77.4 cm³/mol. The Labute approximate surface area is 114 Å². The molecule has 0 spiro atoms. The van der Waals surface area contributed by atoms with Gasteiger partial charge in [0.25, 0.3) is 0 Å². The molecule has 0 bridgehead atoms. The van der Waals surface area contributed by atoms with Crippen molar-refractivity contribution in [1.82, 2.24) is 9.97 Å². The van der Waals surface area contributed by atoms with Gasteiger partial charge in [-0.05, 0) is 19.8 Å². The molecule has 0 amide bonds. The van der Waals surface area contributed by atoms with E-state index in [2.05, 4.69) is 34.4 Å². The third-order valence-electron chi connectivity index (χ3n) is 3.61. The average molecular weight is 264 g/mol. The Morgan fingerprint density at radius 1 is 1.21 bits per heavy atom. The maximum Gasteiger partial charge on any atom is 0.132 e. The summed E-state index contributed by atoms with van der Waals surface area (Å²) in [5, 5.41) is 16.4. The van der Waals surface area contributed by atoms with Crippen molar-refractivity contribution < 1.29 is 5.11 Å². The highest BCUT2D eigenvalue weighted by Gasteiger charge is 2.24. The second kappa shape index (κ2) is 6.70. The fourth-order valence-corrected chi connectivity index (χ4v) is 2.51. The second-order valence-electron chi connectivity index (χ2n) is 5.08. The van der Waals surface area contributed by atoms with E-state index in [0.717, 1.165) is 56.2 Å². The van der Waals surface area contributed by atoms with Crippen LogP contribution in [0.3, 0.4) is 0 Å². The van der Waals surface area contributed by atoms with Crippen molar-refractivity contribution in [1.29, 1.82) is 0 Å². The van der Waals surface area contributed by atoms with Crippen molar-refractivity contribution in [3.63, 3.8) is 0 Å². The molecular weight excluding hydrogens is 240 g/mol. The number of nitrogens with one attached hydrogen (secondary N) is 2. The Bertz CT molecular complexity index is 410. The molecule has 0 aliphatic heterocycles. The van der Waals surface area contributed by atoms with E-state index in [9.17, 15) is 5.11 Å². The summed E-state index contributed by atoms with van der Waals surface area (Å²) in [7, 11) is 0. The first-order chi connectivity index (χ1) is 9.22. The van der Waals surface area contributed by atoms with Crippen molar-refractivity contribution >= 4 is 11.6 Å². The van der Waals surface area contributed by atoms with Crippen LogP contribution in [0.1, 0.15) is 38.9 Å². The summed E-state index contributed by atoms with van der Waals surface area (Å²) in [5.74, 6) is 2.90. The predicted octanol–water partition coefficient (Wildman–Crippen LogP) is 2.04. The van der Waals surface area contributed by atoms with Gasteiger partial charge in [-0.15, -0.1) is 0 Å². The highest BCUT2D eigenvalue weighted by Crippen LogP contribution is 2.25. The van der Waals surface area contributed by atoms with Crippen LogP contribution >= 0.6 is 0 Å². The smallest absolute Gasteiger partial charge is 0.132 e.